The summed E-state index contributed by atoms with van der Waals surface area (Å²) in [4.78, 5) is 36.0. The lowest BCUT2D eigenvalue weighted by atomic mass is 9.67. The summed E-state index contributed by atoms with van der Waals surface area (Å²) in [6, 6.07) is -0.381. The smallest absolute Gasteiger partial charge is 0.242 e. The molecule has 1 aliphatic heterocycles. The molecule has 3 rings (SSSR count). The van der Waals surface area contributed by atoms with Crippen molar-refractivity contribution in [3.8, 4) is 0 Å². The Morgan fingerprint density at radius 2 is 1.75 bits per heavy atom. The highest BCUT2D eigenvalue weighted by molar-refractivity contribution is 5.91. The quantitative estimate of drug-likeness (QED) is 0.783. The number of ketones is 1. The molecule has 2 N–H and O–H groups in total. The van der Waals surface area contributed by atoms with Crippen molar-refractivity contribution in [3.63, 3.8) is 0 Å². The standard InChI is InChI=1S/C15H22N2O3/c18-13-9-3-1-4-10(13)8-11(7-9)14(19)17-12-5-2-6-16-15(12)20/h9-12H,1-8H2,(H,16,20)(H,17,19). The van der Waals surface area contributed by atoms with Gasteiger partial charge in [0.05, 0.1) is 0 Å². The lowest BCUT2D eigenvalue weighted by molar-refractivity contribution is -0.139. The van der Waals surface area contributed by atoms with Crippen molar-refractivity contribution in [3.05, 3.63) is 0 Å². The van der Waals surface area contributed by atoms with E-state index in [1.165, 1.54) is 0 Å². The van der Waals surface area contributed by atoms with E-state index in [1.807, 2.05) is 0 Å². The first kappa shape index (κ1) is 13.6. The van der Waals surface area contributed by atoms with Crippen LogP contribution >= 0.6 is 0 Å². The first-order chi connectivity index (χ1) is 9.65. The van der Waals surface area contributed by atoms with Gasteiger partial charge in [-0.1, -0.05) is 6.42 Å². The van der Waals surface area contributed by atoms with Crippen LogP contribution in [0.3, 0.4) is 0 Å². The highest BCUT2D eigenvalue weighted by atomic mass is 16.2. The molecule has 5 heteroatoms. The second-order valence-corrected chi connectivity index (χ2v) is 6.39. The maximum Gasteiger partial charge on any atom is 0.242 e. The van der Waals surface area contributed by atoms with Gasteiger partial charge in [-0.15, -0.1) is 0 Å². The molecule has 0 aromatic rings. The number of carbonyl (C=O) groups excluding carboxylic acids is 3. The van der Waals surface area contributed by atoms with E-state index in [0.29, 0.717) is 25.2 Å². The van der Waals surface area contributed by atoms with Crippen molar-refractivity contribution < 1.29 is 14.4 Å². The summed E-state index contributed by atoms with van der Waals surface area (Å²) >= 11 is 0. The highest BCUT2D eigenvalue weighted by Crippen LogP contribution is 2.40. The molecule has 3 atom stereocenters. The van der Waals surface area contributed by atoms with Gasteiger partial charge in [-0.2, -0.15) is 0 Å². The second-order valence-electron chi connectivity index (χ2n) is 6.39. The van der Waals surface area contributed by atoms with Crippen LogP contribution in [0.5, 0.6) is 0 Å². The second kappa shape index (κ2) is 5.54. The summed E-state index contributed by atoms with van der Waals surface area (Å²) < 4.78 is 0. The van der Waals surface area contributed by atoms with E-state index in [0.717, 1.165) is 32.1 Å². The molecule has 2 bridgehead atoms. The van der Waals surface area contributed by atoms with Crippen molar-refractivity contribution in [2.45, 2.75) is 51.0 Å². The van der Waals surface area contributed by atoms with Crippen LogP contribution in [0.15, 0.2) is 0 Å². The third-order valence-corrected chi connectivity index (χ3v) is 5.02. The SMILES string of the molecule is O=C(NC1CCCNC1=O)C1CC2CCCC(C1)C2=O. The maximum absolute atomic E-state index is 12.3. The molecule has 1 heterocycles. The van der Waals surface area contributed by atoms with Crippen LogP contribution in [0.4, 0.5) is 0 Å². The van der Waals surface area contributed by atoms with E-state index >= 15 is 0 Å². The van der Waals surface area contributed by atoms with Crippen LogP contribution in [-0.2, 0) is 14.4 Å². The van der Waals surface area contributed by atoms with Crippen LogP contribution in [-0.4, -0.2) is 30.2 Å². The van der Waals surface area contributed by atoms with Gasteiger partial charge in [0.25, 0.3) is 0 Å². The summed E-state index contributed by atoms with van der Waals surface area (Å²) in [6.07, 6.45) is 5.96. The van der Waals surface area contributed by atoms with E-state index in [-0.39, 0.29) is 35.6 Å². The third-order valence-electron chi connectivity index (χ3n) is 5.02. The lowest BCUT2D eigenvalue weighted by Crippen LogP contribution is -2.52. The van der Waals surface area contributed by atoms with Gasteiger partial charge in [0.2, 0.25) is 11.8 Å². The molecule has 2 amide bonds. The molecule has 0 spiro atoms. The zero-order valence-corrected chi connectivity index (χ0v) is 11.7. The Morgan fingerprint density at radius 1 is 1.05 bits per heavy atom. The van der Waals surface area contributed by atoms with Gasteiger partial charge in [-0.25, -0.2) is 0 Å². The molecule has 20 heavy (non-hydrogen) atoms. The average molecular weight is 278 g/mol. The van der Waals surface area contributed by atoms with E-state index in [9.17, 15) is 14.4 Å². The van der Waals surface area contributed by atoms with Crippen molar-refractivity contribution >= 4 is 17.6 Å². The fourth-order valence-electron chi connectivity index (χ4n) is 3.89. The average Bonchev–Trinajstić information content (AvgIpc) is 2.41. The number of amides is 2. The summed E-state index contributed by atoms with van der Waals surface area (Å²) in [6.45, 7) is 0.702. The van der Waals surface area contributed by atoms with Gasteiger partial charge in [0.1, 0.15) is 11.8 Å². The summed E-state index contributed by atoms with van der Waals surface area (Å²) in [7, 11) is 0. The van der Waals surface area contributed by atoms with Gasteiger partial charge in [-0.3, -0.25) is 14.4 Å². The molecule has 3 unspecified atom stereocenters. The number of hydrogen-bond acceptors (Lipinski definition) is 3. The van der Waals surface area contributed by atoms with Crippen molar-refractivity contribution in [1.29, 1.82) is 0 Å². The molecule has 0 aromatic heterocycles. The number of piperidine rings is 1. The van der Waals surface area contributed by atoms with Crippen molar-refractivity contribution in [2.75, 3.05) is 6.54 Å². The van der Waals surface area contributed by atoms with E-state index in [1.54, 1.807) is 0 Å². The molecule has 2 aliphatic carbocycles. The fourth-order valence-corrected chi connectivity index (χ4v) is 3.89. The lowest BCUT2D eigenvalue weighted by Gasteiger charge is -2.37. The molecule has 2 saturated carbocycles. The Hall–Kier alpha value is -1.39. The molecule has 1 saturated heterocycles. The monoisotopic (exact) mass is 278 g/mol. The zero-order chi connectivity index (χ0) is 14.1. The van der Waals surface area contributed by atoms with E-state index < -0.39 is 0 Å². The molecule has 3 fully saturated rings. The number of nitrogens with one attached hydrogen (secondary N) is 2. The minimum Gasteiger partial charge on any atom is -0.354 e. The maximum atomic E-state index is 12.3. The van der Waals surface area contributed by atoms with Crippen molar-refractivity contribution in [2.24, 2.45) is 17.8 Å². The number of fused-ring (bicyclic) bond motifs is 2. The zero-order valence-electron chi connectivity index (χ0n) is 11.7. The molecule has 110 valence electrons. The number of Topliss-reactive ketones (excluding diaryl/α,β-unsaturated/α-hetero) is 1. The van der Waals surface area contributed by atoms with Crippen LogP contribution in [0.1, 0.15) is 44.9 Å². The molecule has 0 radical (unpaired) electrons. The molecular weight excluding hydrogens is 256 g/mol. The highest BCUT2D eigenvalue weighted by Gasteiger charge is 2.41. The Morgan fingerprint density at radius 3 is 2.40 bits per heavy atom. The number of carbonyl (C=O) groups is 3. The first-order valence-corrected chi connectivity index (χ1v) is 7.77. The largest absolute Gasteiger partial charge is 0.354 e. The molecular formula is C15H22N2O3. The summed E-state index contributed by atoms with van der Waals surface area (Å²) in [5.74, 6) is 0.346. The normalized spacial score (nSPS) is 37.2. The minimum atomic E-state index is -0.381. The van der Waals surface area contributed by atoms with Gasteiger partial charge in [0, 0.05) is 24.3 Å². The minimum absolute atomic E-state index is 0.0311. The van der Waals surface area contributed by atoms with Crippen LogP contribution in [0, 0.1) is 17.8 Å². The summed E-state index contributed by atoms with van der Waals surface area (Å²) in [5, 5.41) is 5.66. The van der Waals surface area contributed by atoms with Crippen LogP contribution in [0.2, 0.25) is 0 Å². The Bertz CT molecular complexity index is 419. The predicted molar refractivity (Wildman–Crippen MR) is 72.7 cm³/mol. The fraction of sp³-hybridized carbons (Fsp3) is 0.800. The predicted octanol–water partition coefficient (Wildman–Crippen LogP) is 0.777. The third kappa shape index (κ3) is 2.58. The summed E-state index contributed by atoms with van der Waals surface area (Å²) in [5.41, 5.74) is 0. The van der Waals surface area contributed by atoms with E-state index in [2.05, 4.69) is 10.6 Å². The van der Waals surface area contributed by atoms with Gasteiger partial charge < -0.3 is 10.6 Å². The Balaban J connectivity index is 1.60. The van der Waals surface area contributed by atoms with Gasteiger partial charge in [0.15, 0.2) is 0 Å². The molecule has 5 nitrogen and oxygen atoms in total. The number of hydrogen-bond donors (Lipinski definition) is 2. The van der Waals surface area contributed by atoms with Gasteiger partial charge in [-0.05, 0) is 38.5 Å². The number of rotatable bonds is 2. The Kier molecular flexibility index (Phi) is 3.76. The van der Waals surface area contributed by atoms with E-state index in [4.69, 9.17) is 0 Å². The Labute approximate surface area is 118 Å². The molecule has 0 aromatic carbocycles. The van der Waals surface area contributed by atoms with Crippen LogP contribution < -0.4 is 10.6 Å². The topological polar surface area (TPSA) is 75.3 Å². The van der Waals surface area contributed by atoms with Gasteiger partial charge >= 0.3 is 0 Å². The van der Waals surface area contributed by atoms with Crippen molar-refractivity contribution in [1.82, 2.24) is 10.6 Å². The van der Waals surface area contributed by atoms with Crippen LogP contribution in [0.25, 0.3) is 0 Å². The molecule has 3 aliphatic rings. The first-order valence-electron chi connectivity index (χ1n) is 7.77.